The quantitative estimate of drug-likeness (QED) is 0.784. The van der Waals surface area contributed by atoms with Crippen molar-refractivity contribution in [3.63, 3.8) is 0 Å². The molecule has 0 N–H and O–H groups in total. The number of imidazole rings is 1. The van der Waals surface area contributed by atoms with Crippen LogP contribution in [0.1, 0.15) is 38.1 Å². The molecule has 1 aliphatic rings. The zero-order valence-corrected chi connectivity index (χ0v) is 12.6. The topological polar surface area (TPSA) is 30.7 Å². The summed E-state index contributed by atoms with van der Waals surface area (Å²) in [4.78, 5) is 9.07. The number of fused-ring (bicyclic) bond motifs is 1. The largest absolute Gasteiger partial charge is 0.309 e. The molecule has 0 amide bonds. The molecule has 1 aliphatic carbocycles. The maximum absolute atomic E-state index is 6.02. The van der Waals surface area contributed by atoms with Gasteiger partial charge in [0.15, 0.2) is 5.65 Å². The van der Waals surface area contributed by atoms with E-state index in [0.717, 1.165) is 27.4 Å². The third-order valence-corrected chi connectivity index (χ3v) is 4.17. The molecule has 0 aromatic carbocycles. The minimum absolute atomic E-state index is 0.421. The van der Waals surface area contributed by atoms with Gasteiger partial charge in [0.25, 0.3) is 0 Å². The van der Waals surface area contributed by atoms with Crippen LogP contribution in [-0.2, 0) is 5.88 Å². The minimum Gasteiger partial charge on any atom is -0.309 e. The third kappa shape index (κ3) is 2.28. The van der Waals surface area contributed by atoms with E-state index in [1.807, 2.05) is 12.3 Å². The van der Waals surface area contributed by atoms with Crippen LogP contribution < -0.4 is 0 Å². The fourth-order valence-electron chi connectivity index (χ4n) is 2.50. The van der Waals surface area contributed by atoms with E-state index in [-0.39, 0.29) is 0 Å². The number of hydrogen-bond donors (Lipinski definition) is 0. The maximum atomic E-state index is 6.02. The first-order chi connectivity index (χ1) is 8.69. The molecule has 0 bridgehead atoms. The first-order valence-corrected chi connectivity index (χ1v) is 7.60. The van der Waals surface area contributed by atoms with E-state index in [0.29, 0.717) is 11.9 Å². The van der Waals surface area contributed by atoms with Crippen LogP contribution in [0.4, 0.5) is 0 Å². The zero-order chi connectivity index (χ0) is 12.7. The lowest BCUT2D eigenvalue weighted by Gasteiger charge is -2.15. The molecule has 1 unspecified atom stereocenters. The lowest BCUT2D eigenvalue weighted by Crippen LogP contribution is -2.09. The van der Waals surface area contributed by atoms with Crippen molar-refractivity contribution in [3.05, 3.63) is 22.6 Å². The number of halogens is 2. The van der Waals surface area contributed by atoms with Gasteiger partial charge in [0, 0.05) is 16.7 Å². The Morgan fingerprint density at radius 2 is 2.33 bits per heavy atom. The minimum atomic E-state index is 0.421. The van der Waals surface area contributed by atoms with E-state index in [2.05, 4.69) is 37.4 Å². The summed E-state index contributed by atoms with van der Waals surface area (Å²) in [5.41, 5.74) is 1.87. The predicted octanol–water partition coefficient (Wildman–Crippen LogP) is 4.29. The summed E-state index contributed by atoms with van der Waals surface area (Å²) in [6.07, 6.45) is 5.76. The number of aromatic nitrogens is 3. The average Bonchev–Trinajstić information content (AvgIpc) is 3.07. The fourth-order valence-corrected chi connectivity index (χ4v) is 3.01. The number of nitrogens with zero attached hydrogens (tertiary/aromatic N) is 3. The second kappa shape index (κ2) is 4.82. The van der Waals surface area contributed by atoms with E-state index in [1.165, 1.54) is 19.3 Å². The van der Waals surface area contributed by atoms with Crippen molar-refractivity contribution in [1.29, 1.82) is 0 Å². The second-order valence-electron chi connectivity index (χ2n) is 5.06. The Morgan fingerprint density at radius 1 is 1.56 bits per heavy atom. The van der Waals surface area contributed by atoms with E-state index < -0.39 is 0 Å². The van der Waals surface area contributed by atoms with Crippen LogP contribution in [0.25, 0.3) is 11.2 Å². The smallest absolute Gasteiger partial charge is 0.160 e. The van der Waals surface area contributed by atoms with Crippen LogP contribution in [0.2, 0.25) is 0 Å². The fraction of sp³-hybridized carbons (Fsp3) is 0.538. The first kappa shape index (κ1) is 12.4. The number of rotatable bonds is 4. The molecule has 0 spiro atoms. The summed E-state index contributed by atoms with van der Waals surface area (Å²) in [6, 6.07) is 2.42. The van der Waals surface area contributed by atoms with E-state index >= 15 is 0 Å². The molecule has 3 nitrogen and oxygen atoms in total. The highest BCUT2D eigenvalue weighted by Gasteiger charge is 2.26. The van der Waals surface area contributed by atoms with Gasteiger partial charge >= 0.3 is 0 Å². The second-order valence-corrected chi connectivity index (χ2v) is 6.24. The van der Waals surface area contributed by atoms with Gasteiger partial charge in [-0.1, -0.05) is 12.8 Å². The lowest BCUT2D eigenvalue weighted by molar-refractivity contribution is 0.475. The van der Waals surface area contributed by atoms with Crippen molar-refractivity contribution in [1.82, 2.24) is 14.5 Å². The van der Waals surface area contributed by atoms with Crippen LogP contribution in [-0.4, -0.2) is 14.5 Å². The molecule has 5 heteroatoms. The Labute approximate surface area is 120 Å². The van der Waals surface area contributed by atoms with E-state index in [9.17, 15) is 0 Å². The van der Waals surface area contributed by atoms with Crippen LogP contribution >= 0.6 is 27.5 Å². The van der Waals surface area contributed by atoms with Gasteiger partial charge in [-0.15, -0.1) is 11.6 Å². The monoisotopic (exact) mass is 327 g/mol. The van der Waals surface area contributed by atoms with Gasteiger partial charge in [-0.05, 0) is 41.3 Å². The van der Waals surface area contributed by atoms with Gasteiger partial charge in [0.1, 0.15) is 11.3 Å². The number of alkyl halides is 1. The SMILES string of the molecule is CC(CC1CC1)n1c(CCl)nc2cc(Br)cnc21. The van der Waals surface area contributed by atoms with E-state index in [4.69, 9.17) is 11.6 Å². The Bertz CT molecular complexity index is 577. The highest BCUT2D eigenvalue weighted by molar-refractivity contribution is 9.10. The molecular weight excluding hydrogens is 314 g/mol. The summed E-state index contributed by atoms with van der Waals surface area (Å²) in [5.74, 6) is 2.24. The van der Waals surface area contributed by atoms with Crippen molar-refractivity contribution in [2.24, 2.45) is 5.92 Å². The molecular formula is C13H15BrClN3. The van der Waals surface area contributed by atoms with Crippen LogP contribution in [0, 0.1) is 5.92 Å². The summed E-state index contributed by atoms with van der Waals surface area (Å²) < 4.78 is 3.16. The third-order valence-electron chi connectivity index (χ3n) is 3.50. The highest BCUT2D eigenvalue weighted by Crippen LogP contribution is 2.38. The van der Waals surface area contributed by atoms with Gasteiger partial charge in [0.2, 0.25) is 0 Å². The standard InChI is InChI=1S/C13H15BrClN3/c1-8(4-9-2-3-9)18-12(6-15)17-11-5-10(14)7-16-13(11)18/h5,7-9H,2-4,6H2,1H3. The van der Waals surface area contributed by atoms with Crippen LogP contribution in [0.5, 0.6) is 0 Å². The van der Waals surface area contributed by atoms with Gasteiger partial charge in [-0.3, -0.25) is 0 Å². The molecule has 0 aliphatic heterocycles. The molecule has 2 heterocycles. The number of pyridine rings is 1. The summed E-state index contributed by atoms with van der Waals surface area (Å²) in [7, 11) is 0. The Morgan fingerprint density at radius 3 is 3.00 bits per heavy atom. The first-order valence-electron chi connectivity index (χ1n) is 6.27. The molecule has 2 aromatic rings. The van der Waals surface area contributed by atoms with Gasteiger partial charge < -0.3 is 4.57 Å². The predicted molar refractivity (Wildman–Crippen MR) is 76.8 cm³/mol. The zero-order valence-electron chi connectivity index (χ0n) is 10.2. The summed E-state index contributed by atoms with van der Waals surface area (Å²) in [5, 5.41) is 0. The molecule has 1 atom stereocenters. The highest BCUT2D eigenvalue weighted by atomic mass is 79.9. The Kier molecular flexibility index (Phi) is 3.32. The molecule has 96 valence electrons. The van der Waals surface area contributed by atoms with Crippen molar-refractivity contribution in [2.75, 3.05) is 0 Å². The van der Waals surface area contributed by atoms with Gasteiger partial charge in [-0.2, -0.15) is 0 Å². The van der Waals surface area contributed by atoms with Gasteiger partial charge in [0.05, 0.1) is 5.88 Å². The van der Waals surface area contributed by atoms with Gasteiger partial charge in [-0.25, -0.2) is 9.97 Å². The molecule has 18 heavy (non-hydrogen) atoms. The van der Waals surface area contributed by atoms with E-state index in [1.54, 1.807) is 0 Å². The molecule has 0 saturated heterocycles. The molecule has 1 fully saturated rings. The van der Waals surface area contributed by atoms with Crippen LogP contribution in [0.15, 0.2) is 16.7 Å². The summed E-state index contributed by atoms with van der Waals surface area (Å²) in [6.45, 7) is 2.24. The Hall–Kier alpha value is -0.610. The lowest BCUT2D eigenvalue weighted by atomic mass is 10.1. The molecule has 3 rings (SSSR count). The maximum Gasteiger partial charge on any atom is 0.160 e. The van der Waals surface area contributed by atoms with Crippen molar-refractivity contribution >= 4 is 38.7 Å². The summed E-state index contributed by atoms with van der Waals surface area (Å²) >= 11 is 9.45. The van der Waals surface area contributed by atoms with Crippen molar-refractivity contribution in [3.8, 4) is 0 Å². The van der Waals surface area contributed by atoms with Crippen molar-refractivity contribution in [2.45, 2.75) is 38.1 Å². The molecule has 0 radical (unpaired) electrons. The molecule has 2 aromatic heterocycles. The Balaban J connectivity index is 2.06. The van der Waals surface area contributed by atoms with Crippen molar-refractivity contribution < 1.29 is 0 Å². The number of hydrogen-bond acceptors (Lipinski definition) is 2. The average molecular weight is 329 g/mol. The van der Waals surface area contributed by atoms with Crippen LogP contribution in [0.3, 0.4) is 0 Å². The molecule has 1 saturated carbocycles. The normalized spacial score (nSPS) is 17.3.